The molecule has 2 N–H and O–H groups in total. The van der Waals surface area contributed by atoms with Crippen LogP contribution in [0.1, 0.15) is 42.6 Å². The van der Waals surface area contributed by atoms with E-state index in [1.807, 2.05) is 20.8 Å². The molecule has 0 aliphatic carbocycles. The maximum absolute atomic E-state index is 12.7. The smallest absolute Gasteiger partial charge is 0.265 e. The molecule has 0 saturated heterocycles. The molecule has 144 valence electrons. The van der Waals surface area contributed by atoms with E-state index < -0.39 is 6.10 Å². The van der Waals surface area contributed by atoms with Crippen LogP contribution in [0, 0.1) is 6.92 Å². The summed E-state index contributed by atoms with van der Waals surface area (Å²) in [5.74, 6) is 0.0590. The second kappa shape index (κ2) is 9.97. The molecule has 1 atom stereocenters. The van der Waals surface area contributed by atoms with Gasteiger partial charge in [0.15, 0.2) is 6.10 Å². The summed E-state index contributed by atoms with van der Waals surface area (Å²) in [6.07, 6.45) is 0.641. The first kappa shape index (κ1) is 20.8. The van der Waals surface area contributed by atoms with Gasteiger partial charge in [-0.3, -0.25) is 9.59 Å². The van der Waals surface area contributed by atoms with Crippen LogP contribution in [-0.2, 0) is 4.79 Å². The van der Waals surface area contributed by atoms with E-state index in [-0.39, 0.29) is 11.8 Å². The van der Waals surface area contributed by atoms with Crippen molar-refractivity contribution in [1.29, 1.82) is 0 Å². The fourth-order valence-corrected chi connectivity index (χ4v) is 2.63. The van der Waals surface area contributed by atoms with Crippen molar-refractivity contribution in [2.45, 2.75) is 39.7 Å². The van der Waals surface area contributed by atoms with E-state index >= 15 is 0 Å². The number of halogens is 1. The van der Waals surface area contributed by atoms with Crippen molar-refractivity contribution in [2.75, 3.05) is 11.9 Å². The Kier molecular flexibility index (Phi) is 7.67. The van der Waals surface area contributed by atoms with Crippen LogP contribution in [0.2, 0.25) is 5.02 Å². The van der Waals surface area contributed by atoms with E-state index in [0.717, 1.165) is 12.0 Å². The number of hydrogen-bond donors (Lipinski definition) is 2. The molecule has 0 radical (unpaired) electrons. The van der Waals surface area contributed by atoms with E-state index in [1.165, 1.54) is 0 Å². The van der Waals surface area contributed by atoms with Gasteiger partial charge in [0.25, 0.3) is 11.8 Å². The summed E-state index contributed by atoms with van der Waals surface area (Å²) >= 11 is 6.03. The molecule has 0 aliphatic heterocycles. The molecule has 2 aromatic carbocycles. The Bertz CT molecular complexity index is 808. The molecular formula is C21H25ClN2O3. The highest BCUT2D eigenvalue weighted by Crippen LogP contribution is 2.23. The molecule has 0 aliphatic rings. The Morgan fingerprint density at radius 1 is 1.15 bits per heavy atom. The van der Waals surface area contributed by atoms with E-state index in [0.29, 0.717) is 35.0 Å². The Labute approximate surface area is 165 Å². The maximum atomic E-state index is 12.7. The third-order valence-corrected chi connectivity index (χ3v) is 4.46. The zero-order valence-corrected chi connectivity index (χ0v) is 16.6. The van der Waals surface area contributed by atoms with Crippen molar-refractivity contribution in [3.63, 3.8) is 0 Å². The van der Waals surface area contributed by atoms with Crippen LogP contribution >= 0.6 is 11.6 Å². The maximum Gasteiger partial charge on any atom is 0.265 e. The molecule has 0 bridgehead atoms. The topological polar surface area (TPSA) is 67.4 Å². The van der Waals surface area contributed by atoms with Gasteiger partial charge in [0.1, 0.15) is 5.75 Å². The monoisotopic (exact) mass is 388 g/mol. The molecule has 6 heteroatoms. The van der Waals surface area contributed by atoms with Crippen LogP contribution in [0.25, 0.3) is 0 Å². The number of ether oxygens (including phenoxy) is 1. The Morgan fingerprint density at radius 2 is 1.89 bits per heavy atom. The lowest BCUT2D eigenvalue weighted by atomic mass is 10.1. The number of anilines is 1. The highest BCUT2D eigenvalue weighted by atomic mass is 35.5. The molecule has 1 unspecified atom stereocenters. The average Bonchev–Trinajstić information content (AvgIpc) is 2.67. The summed E-state index contributed by atoms with van der Waals surface area (Å²) in [5.41, 5.74) is 1.77. The number of benzene rings is 2. The number of amides is 2. The number of hydrogen-bond acceptors (Lipinski definition) is 3. The fraction of sp³-hybridized carbons (Fsp3) is 0.333. The first-order valence-electron chi connectivity index (χ1n) is 9.07. The van der Waals surface area contributed by atoms with Crippen LogP contribution in [0.4, 0.5) is 5.69 Å². The van der Waals surface area contributed by atoms with Gasteiger partial charge in [0, 0.05) is 11.6 Å². The molecule has 2 rings (SSSR count). The highest BCUT2D eigenvalue weighted by molar-refractivity contribution is 6.31. The van der Waals surface area contributed by atoms with Gasteiger partial charge in [-0.1, -0.05) is 37.6 Å². The average molecular weight is 389 g/mol. The first-order chi connectivity index (χ1) is 13.0. The van der Waals surface area contributed by atoms with Crippen LogP contribution in [0.5, 0.6) is 5.75 Å². The summed E-state index contributed by atoms with van der Waals surface area (Å²) in [7, 11) is 0. The summed E-state index contributed by atoms with van der Waals surface area (Å²) in [4.78, 5) is 25.0. The molecule has 0 spiro atoms. The van der Waals surface area contributed by atoms with Crippen molar-refractivity contribution in [3.8, 4) is 5.75 Å². The minimum absolute atomic E-state index is 0.213. The summed E-state index contributed by atoms with van der Waals surface area (Å²) in [6, 6.07) is 12.2. The predicted octanol–water partition coefficient (Wildman–Crippen LogP) is 4.58. The van der Waals surface area contributed by atoms with Gasteiger partial charge in [0.2, 0.25) is 0 Å². The largest absolute Gasteiger partial charge is 0.481 e. The van der Waals surface area contributed by atoms with E-state index in [2.05, 4.69) is 10.6 Å². The molecule has 2 aromatic rings. The van der Waals surface area contributed by atoms with Gasteiger partial charge < -0.3 is 15.4 Å². The quantitative estimate of drug-likeness (QED) is 0.695. The number of aryl methyl sites for hydroxylation is 1. The number of para-hydroxylation sites is 1. The lowest BCUT2D eigenvalue weighted by Crippen LogP contribution is -2.33. The summed E-state index contributed by atoms with van der Waals surface area (Å²) in [6.45, 7) is 6.31. The third-order valence-electron chi connectivity index (χ3n) is 4.04. The second-order valence-corrected chi connectivity index (χ2v) is 6.62. The van der Waals surface area contributed by atoms with Crippen molar-refractivity contribution >= 4 is 29.1 Å². The van der Waals surface area contributed by atoms with E-state index in [1.54, 1.807) is 42.5 Å². The Hall–Kier alpha value is -2.53. The standard InChI is InChI=1S/C21H25ClN2O3/c1-4-12-23-20(25)16-8-6-7-9-18(16)24-21(26)19(5-2)27-15-10-11-17(22)14(3)13-15/h6-11,13,19H,4-5,12H2,1-3H3,(H,23,25)(H,24,26). The summed E-state index contributed by atoms with van der Waals surface area (Å²) in [5, 5.41) is 6.28. The zero-order valence-electron chi connectivity index (χ0n) is 15.8. The molecule has 5 nitrogen and oxygen atoms in total. The molecule has 0 aromatic heterocycles. The SMILES string of the molecule is CCCNC(=O)c1ccccc1NC(=O)C(CC)Oc1ccc(Cl)c(C)c1. The number of nitrogens with one attached hydrogen (secondary N) is 2. The van der Waals surface area contributed by atoms with Crippen LogP contribution in [0.3, 0.4) is 0 Å². The van der Waals surface area contributed by atoms with Crippen molar-refractivity contribution < 1.29 is 14.3 Å². The number of rotatable bonds is 8. The molecular weight excluding hydrogens is 364 g/mol. The fourth-order valence-electron chi connectivity index (χ4n) is 2.51. The Balaban J connectivity index is 2.12. The van der Waals surface area contributed by atoms with Crippen LogP contribution in [0.15, 0.2) is 42.5 Å². The van der Waals surface area contributed by atoms with Crippen molar-refractivity contribution in [1.82, 2.24) is 5.32 Å². The van der Waals surface area contributed by atoms with Gasteiger partial charge in [-0.2, -0.15) is 0 Å². The van der Waals surface area contributed by atoms with Gasteiger partial charge in [-0.05, 0) is 55.7 Å². The van der Waals surface area contributed by atoms with Gasteiger partial charge in [-0.25, -0.2) is 0 Å². The highest BCUT2D eigenvalue weighted by Gasteiger charge is 2.21. The lowest BCUT2D eigenvalue weighted by Gasteiger charge is -2.19. The molecule has 27 heavy (non-hydrogen) atoms. The molecule has 0 fully saturated rings. The van der Waals surface area contributed by atoms with Crippen molar-refractivity contribution in [2.24, 2.45) is 0 Å². The third kappa shape index (κ3) is 5.73. The van der Waals surface area contributed by atoms with Gasteiger partial charge in [-0.15, -0.1) is 0 Å². The van der Waals surface area contributed by atoms with E-state index in [4.69, 9.17) is 16.3 Å². The number of carbonyl (C=O) groups excluding carboxylic acids is 2. The molecule has 2 amide bonds. The van der Waals surface area contributed by atoms with Gasteiger partial charge in [0.05, 0.1) is 11.3 Å². The first-order valence-corrected chi connectivity index (χ1v) is 9.45. The van der Waals surface area contributed by atoms with Crippen LogP contribution in [-0.4, -0.2) is 24.5 Å². The Morgan fingerprint density at radius 3 is 2.56 bits per heavy atom. The summed E-state index contributed by atoms with van der Waals surface area (Å²) < 4.78 is 5.83. The van der Waals surface area contributed by atoms with E-state index in [9.17, 15) is 9.59 Å². The minimum Gasteiger partial charge on any atom is -0.481 e. The molecule has 0 saturated carbocycles. The second-order valence-electron chi connectivity index (χ2n) is 6.22. The van der Waals surface area contributed by atoms with Gasteiger partial charge >= 0.3 is 0 Å². The zero-order chi connectivity index (χ0) is 19.8. The normalized spacial score (nSPS) is 11.6. The van der Waals surface area contributed by atoms with Crippen LogP contribution < -0.4 is 15.4 Å². The van der Waals surface area contributed by atoms with Crippen molar-refractivity contribution in [3.05, 3.63) is 58.6 Å². The molecule has 0 heterocycles. The minimum atomic E-state index is -0.683. The lowest BCUT2D eigenvalue weighted by molar-refractivity contribution is -0.122. The number of carbonyl (C=O) groups is 2. The predicted molar refractivity (Wildman–Crippen MR) is 109 cm³/mol.